The highest BCUT2D eigenvalue weighted by Gasteiger charge is 2.16. The fraction of sp³-hybridized carbons (Fsp3) is 0.438. The number of aliphatic hydroxyl groups is 1. The van der Waals surface area contributed by atoms with Crippen molar-refractivity contribution < 1.29 is 9.90 Å². The molecule has 0 aliphatic heterocycles. The molecule has 0 radical (unpaired) electrons. The summed E-state index contributed by atoms with van der Waals surface area (Å²) >= 11 is 0. The van der Waals surface area contributed by atoms with E-state index in [9.17, 15) is 4.79 Å². The SMILES string of the molecule is CCCN(CCO)C(=O)c1cccc(-c2nc(C)n(C)n2)c1. The van der Waals surface area contributed by atoms with Gasteiger partial charge in [0.25, 0.3) is 5.91 Å². The van der Waals surface area contributed by atoms with Crippen molar-refractivity contribution in [2.45, 2.75) is 20.3 Å². The molecular weight excluding hydrogens is 280 g/mol. The van der Waals surface area contributed by atoms with Crippen LogP contribution in [0.3, 0.4) is 0 Å². The molecule has 1 amide bonds. The molecule has 1 N–H and O–H groups in total. The van der Waals surface area contributed by atoms with Gasteiger partial charge in [0.1, 0.15) is 5.82 Å². The van der Waals surface area contributed by atoms with Crippen molar-refractivity contribution in [3.05, 3.63) is 35.7 Å². The average molecular weight is 302 g/mol. The van der Waals surface area contributed by atoms with Crippen molar-refractivity contribution in [3.63, 3.8) is 0 Å². The summed E-state index contributed by atoms with van der Waals surface area (Å²) in [7, 11) is 1.84. The molecule has 0 spiro atoms. The van der Waals surface area contributed by atoms with E-state index in [4.69, 9.17) is 5.11 Å². The number of carbonyl (C=O) groups is 1. The molecule has 0 bridgehead atoms. The van der Waals surface area contributed by atoms with Gasteiger partial charge in [-0.1, -0.05) is 19.1 Å². The fourth-order valence-electron chi connectivity index (χ4n) is 2.26. The van der Waals surface area contributed by atoms with Crippen molar-refractivity contribution >= 4 is 5.91 Å². The first-order valence-corrected chi connectivity index (χ1v) is 7.45. The number of benzene rings is 1. The maximum atomic E-state index is 12.5. The summed E-state index contributed by atoms with van der Waals surface area (Å²) < 4.78 is 1.71. The van der Waals surface area contributed by atoms with E-state index in [1.807, 2.05) is 33.0 Å². The molecule has 2 aromatic rings. The fourth-order valence-corrected chi connectivity index (χ4v) is 2.26. The van der Waals surface area contributed by atoms with Gasteiger partial charge in [-0.2, -0.15) is 5.10 Å². The largest absolute Gasteiger partial charge is 0.395 e. The van der Waals surface area contributed by atoms with E-state index in [1.165, 1.54) is 0 Å². The lowest BCUT2D eigenvalue weighted by Gasteiger charge is -2.21. The smallest absolute Gasteiger partial charge is 0.253 e. The summed E-state index contributed by atoms with van der Waals surface area (Å²) in [5, 5.41) is 13.4. The summed E-state index contributed by atoms with van der Waals surface area (Å²) in [6.07, 6.45) is 0.854. The number of amides is 1. The molecule has 0 atom stereocenters. The van der Waals surface area contributed by atoms with Crippen LogP contribution >= 0.6 is 0 Å². The van der Waals surface area contributed by atoms with E-state index < -0.39 is 0 Å². The predicted molar refractivity (Wildman–Crippen MR) is 84.5 cm³/mol. The maximum absolute atomic E-state index is 12.5. The monoisotopic (exact) mass is 302 g/mol. The first-order chi connectivity index (χ1) is 10.6. The number of hydrogen-bond donors (Lipinski definition) is 1. The Balaban J connectivity index is 2.29. The summed E-state index contributed by atoms with van der Waals surface area (Å²) in [6.45, 7) is 4.83. The van der Waals surface area contributed by atoms with Gasteiger partial charge in [-0.25, -0.2) is 4.98 Å². The zero-order valence-corrected chi connectivity index (χ0v) is 13.3. The van der Waals surface area contributed by atoms with Crippen LogP contribution < -0.4 is 0 Å². The highest BCUT2D eigenvalue weighted by molar-refractivity contribution is 5.95. The van der Waals surface area contributed by atoms with Crippen molar-refractivity contribution in [3.8, 4) is 11.4 Å². The van der Waals surface area contributed by atoms with Gasteiger partial charge in [-0.15, -0.1) is 0 Å². The lowest BCUT2D eigenvalue weighted by atomic mass is 10.1. The van der Waals surface area contributed by atoms with Gasteiger partial charge in [-0.05, 0) is 25.5 Å². The molecule has 0 saturated heterocycles. The van der Waals surface area contributed by atoms with Crippen molar-refractivity contribution in [2.24, 2.45) is 7.05 Å². The minimum absolute atomic E-state index is 0.0353. The van der Waals surface area contributed by atoms with E-state index >= 15 is 0 Å². The normalized spacial score (nSPS) is 10.7. The Morgan fingerprint density at radius 3 is 2.73 bits per heavy atom. The zero-order valence-electron chi connectivity index (χ0n) is 13.3. The molecule has 1 aromatic carbocycles. The second-order valence-corrected chi connectivity index (χ2v) is 5.20. The third-order valence-electron chi connectivity index (χ3n) is 3.50. The van der Waals surface area contributed by atoms with E-state index in [0.29, 0.717) is 24.5 Å². The van der Waals surface area contributed by atoms with Gasteiger partial charge >= 0.3 is 0 Å². The number of hydrogen-bond acceptors (Lipinski definition) is 4. The highest BCUT2D eigenvalue weighted by Crippen LogP contribution is 2.18. The van der Waals surface area contributed by atoms with E-state index in [2.05, 4.69) is 10.1 Å². The van der Waals surface area contributed by atoms with Crippen LogP contribution in [-0.4, -0.2) is 50.4 Å². The van der Waals surface area contributed by atoms with Crippen molar-refractivity contribution in [2.75, 3.05) is 19.7 Å². The number of aromatic nitrogens is 3. The summed E-state index contributed by atoms with van der Waals surface area (Å²) in [5.41, 5.74) is 1.40. The zero-order chi connectivity index (χ0) is 16.1. The molecule has 0 unspecified atom stereocenters. The molecule has 0 aliphatic carbocycles. The highest BCUT2D eigenvalue weighted by atomic mass is 16.3. The van der Waals surface area contributed by atoms with Gasteiger partial charge < -0.3 is 10.0 Å². The molecule has 0 aliphatic rings. The van der Waals surface area contributed by atoms with Gasteiger partial charge in [0.15, 0.2) is 5.82 Å². The molecule has 0 fully saturated rings. The standard InChI is InChI=1S/C16H22N4O2/c1-4-8-20(9-10-21)16(22)14-7-5-6-13(11-14)15-17-12(2)19(3)18-15/h5-7,11,21H,4,8-10H2,1-3H3. The van der Waals surface area contributed by atoms with Crippen molar-refractivity contribution in [1.29, 1.82) is 0 Å². The molecule has 118 valence electrons. The Bertz CT molecular complexity index is 626. The Hall–Kier alpha value is -2.21. The van der Waals surface area contributed by atoms with E-state index in [1.54, 1.807) is 21.7 Å². The topological polar surface area (TPSA) is 71.2 Å². The Labute approximate surface area is 130 Å². The molecule has 1 heterocycles. The lowest BCUT2D eigenvalue weighted by Crippen LogP contribution is -2.34. The molecule has 1 aromatic heterocycles. The van der Waals surface area contributed by atoms with Gasteiger partial charge in [0.05, 0.1) is 6.61 Å². The minimum atomic E-state index is -0.0783. The van der Waals surface area contributed by atoms with E-state index in [0.717, 1.165) is 17.8 Å². The van der Waals surface area contributed by atoms with Crippen LogP contribution in [0.5, 0.6) is 0 Å². The summed E-state index contributed by atoms with van der Waals surface area (Å²) in [5.74, 6) is 1.35. The van der Waals surface area contributed by atoms with Crippen LogP contribution in [0.2, 0.25) is 0 Å². The number of nitrogens with zero attached hydrogens (tertiary/aromatic N) is 4. The number of carbonyl (C=O) groups excluding carboxylic acids is 1. The second kappa shape index (κ2) is 7.17. The number of rotatable bonds is 6. The van der Waals surface area contributed by atoms with Crippen molar-refractivity contribution in [1.82, 2.24) is 19.7 Å². The van der Waals surface area contributed by atoms with Crippen LogP contribution in [0.1, 0.15) is 29.5 Å². The molecule has 6 heteroatoms. The molecule has 0 saturated carbocycles. The number of aliphatic hydroxyl groups excluding tert-OH is 1. The number of aryl methyl sites for hydroxylation is 2. The summed E-state index contributed by atoms with van der Waals surface area (Å²) in [6, 6.07) is 7.30. The Morgan fingerprint density at radius 1 is 1.36 bits per heavy atom. The molecule has 2 rings (SSSR count). The first kappa shape index (κ1) is 16.2. The minimum Gasteiger partial charge on any atom is -0.395 e. The quantitative estimate of drug-likeness (QED) is 0.880. The van der Waals surface area contributed by atoms with Crippen LogP contribution in [0.15, 0.2) is 24.3 Å². The molecule has 22 heavy (non-hydrogen) atoms. The van der Waals surface area contributed by atoms with Crippen LogP contribution in [0.25, 0.3) is 11.4 Å². The van der Waals surface area contributed by atoms with Gasteiger partial charge in [-0.3, -0.25) is 9.48 Å². The maximum Gasteiger partial charge on any atom is 0.253 e. The van der Waals surface area contributed by atoms with Crippen LogP contribution in [0.4, 0.5) is 0 Å². The molecular formula is C16H22N4O2. The third kappa shape index (κ3) is 3.51. The predicted octanol–water partition coefficient (Wildman–Crippen LogP) is 1.64. The Morgan fingerprint density at radius 2 is 2.14 bits per heavy atom. The Kier molecular flexibility index (Phi) is 5.27. The average Bonchev–Trinajstić information content (AvgIpc) is 2.86. The lowest BCUT2D eigenvalue weighted by molar-refractivity contribution is 0.0722. The third-order valence-corrected chi connectivity index (χ3v) is 3.50. The first-order valence-electron chi connectivity index (χ1n) is 7.45. The molecule has 6 nitrogen and oxygen atoms in total. The van der Waals surface area contributed by atoms with Crippen LogP contribution in [-0.2, 0) is 7.05 Å². The van der Waals surface area contributed by atoms with E-state index in [-0.39, 0.29) is 12.5 Å². The second-order valence-electron chi connectivity index (χ2n) is 5.20. The van der Waals surface area contributed by atoms with Gasteiger partial charge in [0, 0.05) is 31.3 Å². The van der Waals surface area contributed by atoms with Gasteiger partial charge in [0.2, 0.25) is 0 Å². The summed E-state index contributed by atoms with van der Waals surface area (Å²) in [4.78, 5) is 18.6. The van der Waals surface area contributed by atoms with Crippen LogP contribution in [0, 0.1) is 6.92 Å².